The van der Waals surface area contributed by atoms with Gasteiger partial charge < -0.3 is 9.30 Å². The minimum atomic E-state index is 0.589. The minimum Gasteiger partial charge on any atom is -0.481 e. The normalized spacial score (nSPS) is 11.2. The molecule has 128 valence electrons. The van der Waals surface area contributed by atoms with Crippen LogP contribution >= 0.6 is 22.6 Å². The van der Waals surface area contributed by atoms with Crippen molar-refractivity contribution in [2.24, 2.45) is 4.99 Å². The van der Waals surface area contributed by atoms with Gasteiger partial charge in [-0.05, 0) is 79.3 Å². The van der Waals surface area contributed by atoms with E-state index in [-0.39, 0.29) is 0 Å². The molecule has 0 bridgehead atoms. The Morgan fingerprint density at radius 3 is 2.56 bits per heavy atom. The molecule has 0 radical (unpaired) electrons. The second-order valence-corrected chi connectivity index (χ2v) is 7.07. The molecular weight excluding hydrogens is 425 g/mol. The Kier molecular flexibility index (Phi) is 5.22. The van der Waals surface area contributed by atoms with Crippen LogP contribution in [0.2, 0.25) is 0 Å². The highest BCUT2D eigenvalue weighted by Gasteiger charge is 2.10. The van der Waals surface area contributed by atoms with Crippen molar-refractivity contribution in [3.05, 3.63) is 68.7 Å². The highest BCUT2D eigenvalue weighted by molar-refractivity contribution is 14.1. The van der Waals surface area contributed by atoms with E-state index in [1.807, 2.05) is 18.3 Å². The molecule has 0 aliphatic heterocycles. The number of aromatic nitrogens is 2. The molecule has 2 heterocycles. The molecule has 3 aromatic rings. The summed E-state index contributed by atoms with van der Waals surface area (Å²) in [5.74, 6) is 0.589. The zero-order chi connectivity index (χ0) is 18.0. The average molecular weight is 445 g/mol. The first-order chi connectivity index (χ1) is 12.0. The second kappa shape index (κ2) is 7.39. The monoisotopic (exact) mass is 445 g/mol. The maximum atomic E-state index is 5.07. The van der Waals surface area contributed by atoms with Gasteiger partial charge in [0.15, 0.2) is 0 Å². The molecule has 25 heavy (non-hydrogen) atoms. The lowest BCUT2D eigenvalue weighted by molar-refractivity contribution is 0.398. The van der Waals surface area contributed by atoms with Gasteiger partial charge in [-0.3, -0.25) is 4.99 Å². The smallest absolute Gasteiger partial charge is 0.213 e. The van der Waals surface area contributed by atoms with Crippen LogP contribution in [0.15, 0.2) is 47.6 Å². The van der Waals surface area contributed by atoms with Gasteiger partial charge in [0.1, 0.15) is 0 Å². The number of hydrogen-bond donors (Lipinski definition) is 0. The molecule has 0 spiro atoms. The minimum absolute atomic E-state index is 0.589. The van der Waals surface area contributed by atoms with E-state index < -0.39 is 0 Å². The fourth-order valence-electron chi connectivity index (χ4n) is 2.80. The number of methoxy groups -OCH3 is 1. The summed E-state index contributed by atoms with van der Waals surface area (Å²) in [4.78, 5) is 8.71. The van der Waals surface area contributed by atoms with Gasteiger partial charge in [-0.2, -0.15) is 0 Å². The van der Waals surface area contributed by atoms with Crippen molar-refractivity contribution in [3.8, 4) is 11.6 Å². The summed E-state index contributed by atoms with van der Waals surface area (Å²) in [5.41, 5.74) is 6.72. The average Bonchev–Trinajstić information content (AvgIpc) is 2.90. The molecule has 0 aliphatic carbocycles. The molecule has 0 N–H and O–H groups in total. The highest BCUT2D eigenvalue weighted by atomic mass is 127. The SMILES string of the molecule is COc1ccc(N=Cc2cc(C)n(-c3ccc(I)c(C)c3)c2C)cn1. The van der Waals surface area contributed by atoms with Gasteiger partial charge in [0.2, 0.25) is 5.88 Å². The van der Waals surface area contributed by atoms with Crippen LogP contribution < -0.4 is 4.74 Å². The van der Waals surface area contributed by atoms with E-state index in [1.54, 1.807) is 13.3 Å². The summed E-state index contributed by atoms with van der Waals surface area (Å²) < 4.78 is 8.61. The van der Waals surface area contributed by atoms with Crippen LogP contribution in [-0.2, 0) is 0 Å². The first-order valence-corrected chi connectivity index (χ1v) is 9.07. The largest absolute Gasteiger partial charge is 0.481 e. The van der Waals surface area contributed by atoms with Gasteiger partial charge in [-0.25, -0.2) is 4.98 Å². The third kappa shape index (κ3) is 3.76. The number of rotatable bonds is 4. The lowest BCUT2D eigenvalue weighted by Gasteiger charge is -2.11. The first-order valence-electron chi connectivity index (χ1n) is 7.99. The third-order valence-corrected chi connectivity index (χ3v) is 5.36. The Bertz CT molecular complexity index is 927. The molecule has 0 saturated carbocycles. The van der Waals surface area contributed by atoms with E-state index in [0.29, 0.717) is 5.88 Å². The quantitative estimate of drug-likeness (QED) is 0.411. The van der Waals surface area contributed by atoms with Crippen LogP contribution in [0.25, 0.3) is 5.69 Å². The number of halogens is 1. The Hall–Kier alpha value is -2.15. The molecule has 0 atom stereocenters. The number of hydrogen-bond acceptors (Lipinski definition) is 3. The third-order valence-electron chi connectivity index (χ3n) is 4.15. The summed E-state index contributed by atoms with van der Waals surface area (Å²) >= 11 is 2.36. The number of pyridine rings is 1. The summed E-state index contributed by atoms with van der Waals surface area (Å²) in [6, 6.07) is 12.4. The summed E-state index contributed by atoms with van der Waals surface area (Å²) in [5, 5.41) is 0. The highest BCUT2D eigenvalue weighted by Crippen LogP contribution is 2.23. The topological polar surface area (TPSA) is 39.4 Å². The van der Waals surface area contributed by atoms with Gasteiger partial charge in [0.05, 0.1) is 19.0 Å². The predicted molar refractivity (Wildman–Crippen MR) is 111 cm³/mol. The summed E-state index contributed by atoms with van der Waals surface area (Å²) in [6.07, 6.45) is 3.60. The molecule has 0 amide bonds. The van der Waals surface area contributed by atoms with E-state index in [9.17, 15) is 0 Å². The van der Waals surface area contributed by atoms with E-state index in [0.717, 1.165) is 11.3 Å². The number of nitrogens with zero attached hydrogens (tertiary/aromatic N) is 3. The lowest BCUT2D eigenvalue weighted by Crippen LogP contribution is -2.00. The Balaban J connectivity index is 1.93. The Morgan fingerprint density at radius 2 is 1.92 bits per heavy atom. The second-order valence-electron chi connectivity index (χ2n) is 5.91. The lowest BCUT2D eigenvalue weighted by atomic mass is 10.2. The zero-order valence-electron chi connectivity index (χ0n) is 14.7. The van der Waals surface area contributed by atoms with Gasteiger partial charge in [0, 0.05) is 38.5 Å². The maximum Gasteiger partial charge on any atom is 0.213 e. The number of benzene rings is 1. The fourth-order valence-corrected chi connectivity index (χ4v) is 3.13. The molecule has 5 heteroatoms. The van der Waals surface area contributed by atoms with Crippen molar-refractivity contribution >= 4 is 34.5 Å². The van der Waals surface area contributed by atoms with Gasteiger partial charge in [-0.1, -0.05) is 0 Å². The Labute approximate surface area is 161 Å². The molecule has 3 rings (SSSR count). The first kappa shape index (κ1) is 17.7. The van der Waals surface area contributed by atoms with Crippen molar-refractivity contribution in [1.82, 2.24) is 9.55 Å². The van der Waals surface area contributed by atoms with Gasteiger partial charge >= 0.3 is 0 Å². The van der Waals surface area contributed by atoms with E-state index >= 15 is 0 Å². The van der Waals surface area contributed by atoms with Crippen LogP contribution in [0.3, 0.4) is 0 Å². The van der Waals surface area contributed by atoms with Crippen LogP contribution in [-0.4, -0.2) is 22.9 Å². The van der Waals surface area contributed by atoms with E-state index in [2.05, 4.69) is 82.2 Å². The molecule has 0 saturated heterocycles. The molecule has 0 aliphatic rings. The zero-order valence-corrected chi connectivity index (χ0v) is 16.9. The molecule has 0 fully saturated rings. The van der Waals surface area contributed by atoms with Crippen molar-refractivity contribution in [2.75, 3.05) is 7.11 Å². The van der Waals surface area contributed by atoms with E-state index in [1.165, 1.54) is 26.2 Å². The van der Waals surface area contributed by atoms with Gasteiger partial charge in [-0.15, -0.1) is 0 Å². The van der Waals surface area contributed by atoms with Crippen molar-refractivity contribution < 1.29 is 4.74 Å². The molecule has 1 aromatic carbocycles. The van der Waals surface area contributed by atoms with Crippen LogP contribution in [0.4, 0.5) is 5.69 Å². The van der Waals surface area contributed by atoms with Crippen molar-refractivity contribution in [2.45, 2.75) is 20.8 Å². The Morgan fingerprint density at radius 1 is 1.12 bits per heavy atom. The maximum absolute atomic E-state index is 5.07. The number of ether oxygens (including phenoxy) is 1. The van der Waals surface area contributed by atoms with Crippen LogP contribution in [0.5, 0.6) is 5.88 Å². The van der Waals surface area contributed by atoms with Gasteiger partial charge in [0.25, 0.3) is 0 Å². The molecule has 2 aromatic heterocycles. The summed E-state index contributed by atoms with van der Waals surface area (Å²) in [7, 11) is 1.60. The van der Waals surface area contributed by atoms with Crippen LogP contribution in [0, 0.1) is 24.3 Å². The molecule has 0 unspecified atom stereocenters. The number of aryl methyl sites for hydroxylation is 2. The molecular formula is C20H20IN3O. The van der Waals surface area contributed by atoms with Crippen molar-refractivity contribution in [3.63, 3.8) is 0 Å². The van der Waals surface area contributed by atoms with E-state index in [4.69, 9.17) is 4.74 Å². The van der Waals surface area contributed by atoms with Crippen LogP contribution in [0.1, 0.15) is 22.5 Å². The standard InChI is InChI=1S/C20H20IN3O/c1-13-9-18(6-7-19(13)21)24-14(2)10-16(15(24)3)11-22-17-5-8-20(25-4)23-12-17/h5-12H,1-4H3. The fraction of sp³-hybridized carbons (Fsp3) is 0.200. The number of aliphatic imine (C=N–C) groups is 1. The summed E-state index contributed by atoms with van der Waals surface area (Å²) in [6.45, 7) is 6.37. The predicted octanol–water partition coefficient (Wildman–Crippen LogP) is 5.16. The van der Waals surface area contributed by atoms with Crippen molar-refractivity contribution in [1.29, 1.82) is 0 Å². The molecule has 4 nitrogen and oxygen atoms in total.